The largest absolute Gasteiger partial charge is 0.464 e. The summed E-state index contributed by atoms with van der Waals surface area (Å²) >= 11 is 0. The Morgan fingerprint density at radius 2 is 1.82 bits per heavy atom. The van der Waals surface area contributed by atoms with E-state index in [2.05, 4.69) is 5.32 Å². The molecule has 3 aromatic rings. The van der Waals surface area contributed by atoms with Crippen LogP contribution in [0.1, 0.15) is 5.56 Å². The second-order valence-electron chi connectivity index (χ2n) is 4.74. The lowest BCUT2D eigenvalue weighted by Gasteiger charge is -2.06. The third-order valence-electron chi connectivity index (χ3n) is 3.31. The number of nitro benzene ring substituents is 1. The maximum atomic E-state index is 12.3. The summed E-state index contributed by atoms with van der Waals surface area (Å²) in [6.07, 6.45) is 1.43. The van der Waals surface area contributed by atoms with Crippen LogP contribution in [0.4, 0.5) is 11.4 Å². The van der Waals surface area contributed by atoms with E-state index in [1.54, 1.807) is 36.4 Å². The maximum absolute atomic E-state index is 12.3. The number of para-hydroxylation sites is 1. The highest BCUT2D eigenvalue weighted by Crippen LogP contribution is 2.16. The van der Waals surface area contributed by atoms with Crippen LogP contribution in [0.3, 0.4) is 0 Å². The fraction of sp³-hybridized carbons (Fsp3) is 0.0625. The van der Waals surface area contributed by atoms with E-state index in [4.69, 9.17) is 4.42 Å². The van der Waals surface area contributed by atoms with E-state index >= 15 is 0 Å². The standard InChI is InChI=1S/C16H12N2O4/c19-16-11(10-22-15-4-2-1-3-14(15)16)9-17-12-5-7-13(8-6-12)18(20)21/h1-8,10,17H,9H2. The molecule has 0 spiro atoms. The Morgan fingerprint density at radius 1 is 1.09 bits per heavy atom. The molecule has 0 bridgehead atoms. The van der Waals surface area contributed by atoms with Crippen molar-refractivity contribution in [2.75, 3.05) is 5.32 Å². The molecule has 0 radical (unpaired) electrons. The summed E-state index contributed by atoms with van der Waals surface area (Å²) in [5.74, 6) is 0. The zero-order chi connectivity index (χ0) is 15.5. The van der Waals surface area contributed by atoms with Gasteiger partial charge in [-0.3, -0.25) is 14.9 Å². The van der Waals surface area contributed by atoms with E-state index in [-0.39, 0.29) is 17.7 Å². The highest BCUT2D eigenvalue weighted by Gasteiger charge is 2.07. The molecule has 1 aromatic heterocycles. The molecule has 1 heterocycles. The van der Waals surface area contributed by atoms with E-state index in [1.807, 2.05) is 0 Å². The van der Waals surface area contributed by atoms with Gasteiger partial charge in [-0.1, -0.05) is 12.1 Å². The van der Waals surface area contributed by atoms with E-state index in [1.165, 1.54) is 18.4 Å². The van der Waals surface area contributed by atoms with Crippen molar-refractivity contribution in [2.24, 2.45) is 0 Å². The summed E-state index contributed by atoms with van der Waals surface area (Å²) < 4.78 is 5.43. The summed E-state index contributed by atoms with van der Waals surface area (Å²) in [6.45, 7) is 0.283. The summed E-state index contributed by atoms with van der Waals surface area (Å²) in [6, 6.07) is 13.1. The van der Waals surface area contributed by atoms with Gasteiger partial charge in [-0.2, -0.15) is 0 Å². The fourth-order valence-electron chi connectivity index (χ4n) is 2.14. The lowest BCUT2D eigenvalue weighted by molar-refractivity contribution is -0.384. The SMILES string of the molecule is O=c1c(CNc2ccc([N+](=O)[O-])cc2)coc2ccccc12. The molecule has 1 N–H and O–H groups in total. The summed E-state index contributed by atoms with van der Waals surface area (Å²) in [5, 5.41) is 14.2. The molecular weight excluding hydrogens is 284 g/mol. The first-order valence-electron chi connectivity index (χ1n) is 6.63. The number of nitro groups is 1. The van der Waals surface area contributed by atoms with Gasteiger partial charge in [-0.25, -0.2) is 0 Å². The first-order chi connectivity index (χ1) is 10.6. The highest BCUT2D eigenvalue weighted by atomic mass is 16.6. The van der Waals surface area contributed by atoms with Crippen LogP contribution in [0, 0.1) is 10.1 Å². The van der Waals surface area contributed by atoms with Gasteiger partial charge in [-0.05, 0) is 24.3 Å². The molecule has 0 aliphatic rings. The van der Waals surface area contributed by atoms with Crippen molar-refractivity contribution in [3.63, 3.8) is 0 Å². The number of fused-ring (bicyclic) bond motifs is 1. The van der Waals surface area contributed by atoms with Gasteiger partial charge in [-0.15, -0.1) is 0 Å². The van der Waals surface area contributed by atoms with Crippen molar-refractivity contribution in [3.8, 4) is 0 Å². The predicted octanol–water partition coefficient (Wildman–Crippen LogP) is 3.31. The number of hydrogen-bond donors (Lipinski definition) is 1. The Bertz CT molecular complexity index is 885. The number of benzene rings is 2. The third kappa shape index (κ3) is 2.67. The van der Waals surface area contributed by atoms with Gasteiger partial charge in [0.2, 0.25) is 0 Å². The first-order valence-corrected chi connectivity index (χ1v) is 6.63. The third-order valence-corrected chi connectivity index (χ3v) is 3.31. The molecule has 0 unspecified atom stereocenters. The van der Waals surface area contributed by atoms with Crippen LogP contribution in [0.15, 0.2) is 64.0 Å². The molecule has 0 saturated heterocycles. The van der Waals surface area contributed by atoms with Gasteiger partial charge in [0, 0.05) is 24.4 Å². The van der Waals surface area contributed by atoms with Crippen molar-refractivity contribution >= 4 is 22.3 Å². The van der Waals surface area contributed by atoms with Crippen LogP contribution in [-0.4, -0.2) is 4.92 Å². The van der Waals surface area contributed by atoms with Gasteiger partial charge in [0.1, 0.15) is 5.58 Å². The Morgan fingerprint density at radius 3 is 2.55 bits per heavy atom. The highest BCUT2D eigenvalue weighted by molar-refractivity contribution is 5.76. The van der Waals surface area contributed by atoms with Crippen molar-refractivity contribution in [2.45, 2.75) is 6.54 Å². The zero-order valence-electron chi connectivity index (χ0n) is 11.5. The van der Waals surface area contributed by atoms with Crippen LogP contribution in [0.25, 0.3) is 11.0 Å². The van der Waals surface area contributed by atoms with Crippen LogP contribution in [0.5, 0.6) is 0 Å². The van der Waals surface area contributed by atoms with E-state index in [0.29, 0.717) is 22.2 Å². The number of non-ortho nitro benzene ring substituents is 1. The van der Waals surface area contributed by atoms with E-state index < -0.39 is 4.92 Å². The minimum Gasteiger partial charge on any atom is -0.464 e. The molecule has 0 aliphatic heterocycles. The lowest BCUT2D eigenvalue weighted by Crippen LogP contribution is -2.12. The van der Waals surface area contributed by atoms with Crippen molar-refractivity contribution in [1.82, 2.24) is 0 Å². The van der Waals surface area contributed by atoms with Gasteiger partial charge in [0.25, 0.3) is 5.69 Å². The van der Waals surface area contributed by atoms with Gasteiger partial charge in [0.05, 0.1) is 22.1 Å². The second kappa shape index (κ2) is 5.69. The lowest BCUT2D eigenvalue weighted by atomic mass is 10.1. The van der Waals surface area contributed by atoms with E-state index in [9.17, 15) is 14.9 Å². The molecule has 6 heteroatoms. The Balaban J connectivity index is 1.80. The number of hydrogen-bond acceptors (Lipinski definition) is 5. The Hall–Kier alpha value is -3.15. The van der Waals surface area contributed by atoms with Crippen LogP contribution < -0.4 is 10.7 Å². The monoisotopic (exact) mass is 296 g/mol. The summed E-state index contributed by atoms with van der Waals surface area (Å²) in [4.78, 5) is 22.4. The average Bonchev–Trinajstić information content (AvgIpc) is 2.55. The molecule has 3 rings (SSSR count). The predicted molar refractivity (Wildman–Crippen MR) is 82.9 cm³/mol. The quantitative estimate of drug-likeness (QED) is 0.589. The smallest absolute Gasteiger partial charge is 0.269 e. The van der Waals surface area contributed by atoms with Crippen molar-refractivity contribution < 1.29 is 9.34 Å². The number of nitrogens with zero attached hydrogens (tertiary/aromatic N) is 1. The minimum atomic E-state index is -0.457. The van der Waals surface area contributed by atoms with Crippen molar-refractivity contribution in [1.29, 1.82) is 0 Å². The summed E-state index contributed by atoms with van der Waals surface area (Å²) in [5.41, 5.74) is 1.67. The Kier molecular flexibility index (Phi) is 3.57. The van der Waals surface area contributed by atoms with Crippen molar-refractivity contribution in [3.05, 3.63) is 80.7 Å². The van der Waals surface area contributed by atoms with Gasteiger partial charge in [0.15, 0.2) is 5.43 Å². The zero-order valence-corrected chi connectivity index (χ0v) is 11.5. The molecule has 22 heavy (non-hydrogen) atoms. The number of nitrogens with one attached hydrogen (secondary N) is 1. The minimum absolute atomic E-state index is 0.0239. The van der Waals surface area contributed by atoms with Crippen LogP contribution in [-0.2, 0) is 6.54 Å². The van der Waals surface area contributed by atoms with Crippen LogP contribution >= 0.6 is 0 Å². The topological polar surface area (TPSA) is 85.4 Å². The Labute approximate surface area is 125 Å². The molecule has 110 valence electrons. The number of rotatable bonds is 4. The van der Waals surface area contributed by atoms with Gasteiger partial charge >= 0.3 is 0 Å². The number of anilines is 1. The molecular formula is C16H12N2O4. The fourth-order valence-corrected chi connectivity index (χ4v) is 2.14. The van der Waals surface area contributed by atoms with Gasteiger partial charge < -0.3 is 9.73 Å². The molecule has 0 atom stereocenters. The molecule has 0 aliphatic carbocycles. The summed E-state index contributed by atoms with van der Waals surface area (Å²) in [7, 11) is 0. The first kappa shape index (κ1) is 13.8. The maximum Gasteiger partial charge on any atom is 0.269 e. The second-order valence-corrected chi connectivity index (χ2v) is 4.74. The molecule has 6 nitrogen and oxygen atoms in total. The molecule has 0 amide bonds. The normalized spacial score (nSPS) is 10.5. The molecule has 2 aromatic carbocycles. The average molecular weight is 296 g/mol. The molecule has 0 fully saturated rings. The van der Waals surface area contributed by atoms with E-state index in [0.717, 1.165) is 0 Å². The van der Waals surface area contributed by atoms with Crippen LogP contribution in [0.2, 0.25) is 0 Å². The molecule has 0 saturated carbocycles.